The summed E-state index contributed by atoms with van der Waals surface area (Å²) in [6.07, 6.45) is 0. The van der Waals surface area contributed by atoms with Crippen molar-refractivity contribution in [1.29, 1.82) is 0 Å². The Morgan fingerprint density at radius 1 is 1.29 bits per heavy atom. The lowest BCUT2D eigenvalue weighted by Gasteiger charge is -2.09. The number of nitrogens with two attached hydrogens (primary N) is 1. The van der Waals surface area contributed by atoms with Crippen LogP contribution >= 0.6 is 34.8 Å². The van der Waals surface area contributed by atoms with Gasteiger partial charge in [-0.1, -0.05) is 42.5 Å². The van der Waals surface area contributed by atoms with E-state index in [0.717, 1.165) is 20.3 Å². The van der Waals surface area contributed by atoms with Crippen molar-refractivity contribution < 1.29 is 4.79 Å². The van der Waals surface area contributed by atoms with Crippen molar-refractivity contribution in [2.24, 2.45) is 5.73 Å². The van der Waals surface area contributed by atoms with Gasteiger partial charge in [-0.05, 0) is 52.8 Å². The first kappa shape index (κ1) is 15.9. The van der Waals surface area contributed by atoms with Gasteiger partial charge >= 0.3 is 0 Å². The second-order valence-electron chi connectivity index (χ2n) is 4.68. The number of nitrogens with one attached hydrogen (secondary N) is 1. The lowest BCUT2D eigenvalue weighted by atomic mass is 10.1. The maximum atomic E-state index is 12.2. The van der Waals surface area contributed by atoms with Crippen molar-refractivity contribution in [2.75, 3.05) is 0 Å². The molecule has 2 aromatic rings. The van der Waals surface area contributed by atoms with Crippen molar-refractivity contribution in [3.63, 3.8) is 0 Å². The zero-order chi connectivity index (χ0) is 15.4. The van der Waals surface area contributed by atoms with E-state index in [9.17, 15) is 4.79 Å². The Bertz CT molecular complexity index is 700. The second-order valence-corrected chi connectivity index (χ2v) is 6.20. The molecule has 5 heteroatoms. The molecule has 108 valence electrons. The predicted octanol–water partition coefficient (Wildman–Crippen LogP) is 3.16. The third kappa shape index (κ3) is 4.01. The summed E-state index contributed by atoms with van der Waals surface area (Å²) in [7, 11) is 0. The molecule has 0 spiro atoms. The lowest BCUT2D eigenvalue weighted by molar-refractivity contribution is 0.0950. The molecule has 21 heavy (non-hydrogen) atoms. The zero-order valence-corrected chi connectivity index (χ0v) is 14.5. The molecule has 0 aliphatic heterocycles. The summed E-state index contributed by atoms with van der Waals surface area (Å²) in [4.78, 5) is 12.6. The van der Waals surface area contributed by atoms with Crippen molar-refractivity contribution in [3.8, 4) is 0 Å². The summed E-state index contributed by atoms with van der Waals surface area (Å²) in [6, 6.07) is 13.3. The minimum absolute atomic E-state index is 0.0798. The smallest absolute Gasteiger partial charge is 0.252 e. The van der Waals surface area contributed by atoms with E-state index < -0.39 is 0 Å². The van der Waals surface area contributed by atoms with Crippen LogP contribution in [-0.2, 0) is 6.54 Å². The molecule has 1 amide bonds. The summed E-state index contributed by atoms with van der Waals surface area (Å²) >= 11 is 7.15. The number of halogens is 1. The van der Waals surface area contributed by atoms with Crippen LogP contribution in [0.15, 0.2) is 42.5 Å². The summed E-state index contributed by atoms with van der Waals surface area (Å²) in [5.74, 6) is -0.0798. The minimum atomic E-state index is -0.0798. The van der Waals surface area contributed by atoms with Crippen LogP contribution in [0.4, 0.5) is 0 Å². The summed E-state index contributed by atoms with van der Waals surface area (Å²) < 4.78 is 0.976. The molecule has 0 radical (unpaired) electrons. The number of amides is 1. The van der Waals surface area contributed by atoms with E-state index in [1.165, 1.54) is 0 Å². The van der Waals surface area contributed by atoms with E-state index in [2.05, 4.69) is 27.9 Å². The van der Waals surface area contributed by atoms with E-state index in [-0.39, 0.29) is 5.91 Å². The van der Waals surface area contributed by atoms with Gasteiger partial charge in [0, 0.05) is 15.7 Å². The molecule has 2 aromatic carbocycles. The Morgan fingerprint density at radius 3 is 2.71 bits per heavy atom. The molecule has 0 unspecified atom stereocenters. The van der Waals surface area contributed by atoms with Gasteiger partial charge in [-0.15, -0.1) is 0 Å². The number of carbonyl (C=O) groups excluding carboxylic acids is 1. The van der Waals surface area contributed by atoms with Crippen LogP contribution in [0.1, 0.15) is 27.0 Å². The van der Waals surface area contributed by atoms with E-state index in [4.69, 9.17) is 18.0 Å². The number of aryl methyl sites for hydroxylation is 1. The van der Waals surface area contributed by atoms with Gasteiger partial charge in [0.25, 0.3) is 5.91 Å². The number of hydrogen-bond acceptors (Lipinski definition) is 2. The minimum Gasteiger partial charge on any atom is -0.389 e. The first-order chi connectivity index (χ1) is 9.99. The van der Waals surface area contributed by atoms with Gasteiger partial charge < -0.3 is 11.1 Å². The van der Waals surface area contributed by atoms with Gasteiger partial charge in [-0.25, -0.2) is 0 Å². The SMILES string of the molecule is Cc1cccc(C(=O)NCc2cccc(C(N)=S)c2)c1I. The van der Waals surface area contributed by atoms with Gasteiger partial charge in [-0.3, -0.25) is 4.79 Å². The lowest BCUT2D eigenvalue weighted by Crippen LogP contribution is -2.24. The average Bonchev–Trinajstić information content (AvgIpc) is 2.48. The largest absolute Gasteiger partial charge is 0.389 e. The summed E-state index contributed by atoms with van der Waals surface area (Å²) in [6.45, 7) is 2.43. The molecule has 0 heterocycles. The highest BCUT2D eigenvalue weighted by Gasteiger charge is 2.10. The molecule has 0 aliphatic rings. The van der Waals surface area contributed by atoms with Gasteiger partial charge in [0.1, 0.15) is 4.99 Å². The molecule has 0 saturated carbocycles. The fourth-order valence-electron chi connectivity index (χ4n) is 1.93. The highest BCUT2D eigenvalue weighted by molar-refractivity contribution is 14.1. The molecule has 0 saturated heterocycles. The van der Waals surface area contributed by atoms with Gasteiger partial charge in [0.15, 0.2) is 0 Å². The van der Waals surface area contributed by atoms with Crippen LogP contribution in [0.5, 0.6) is 0 Å². The molecule has 3 nitrogen and oxygen atoms in total. The Balaban J connectivity index is 2.09. The average molecular weight is 410 g/mol. The van der Waals surface area contributed by atoms with Crippen molar-refractivity contribution in [1.82, 2.24) is 5.32 Å². The van der Waals surface area contributed by atoms with E-state index in [1.807, 2.05) is 49.4 Å². The zero-order valence-electron chi connectivity index (χ0n) is 11.5. The number of carbonyl (C=O) groups is 1. The Morgan fingerprint density at radius 2 is 2.00 bits per heavy atom. The number of benzene rings is 2. The standard InChI is InChI=1S/C16H15IN2OS/c1-10-4-2-7-13(14(10)17)16(20)19-9-11-5-3-6-12(8-11)15(18)21/h2-8H,9H2,1H3,(H2,18,21)(H,19,20). The third-order valence-electron chi connectivity index (χ3n) is 3.10. The van der Waals surface area contributed by atoms with Crippen LogP contribution < -0.4 is 11.1 Å². The van der Waals surface area contributed by atoms with E-state index >= 15 is 0 Å². The van der Waals surface area contributed by atoms with Crippen molar-refractivity contribution >= 4 is 45.7 Å². The molecule has 0 bridgehead atoms. The highest BCUT2D eigenvalue weighted by Crippen LogP contribution is 2.16. The molecule has 0 fully saturated rings. The Kier molecular flexibility index (Phi) is 5.30. The molecule has 3 N–H and O–H groups in total. The van der Waals surface area contributed by atoms with Crippen LogP contribution in [-0.4, -0.2) is 10.9 Å². The quantitative estimate of drug-likeness (QED) is 0.602. The number of thiocarbonyl (C=S) groups is 1. The summed E-state index contributed by atoms with van der Waals surface area (Å²) in [5.41, 5.74) is 9.18. The van der Waals surface area contributed by atoms with Crippen LogP contribution in [0.2, 0.25) is 0 Å². The van der Waals surface area contributed by atoms with Gasteiger partial charge in [-0.2, -0.15) is 0 Å². The predicted molar refractivity (Wildman–Crippen MR) is 97.4 cm³/mol. The van der Waals surface area contributed by atoms with Crippen LogP contribution in [0, 0.1) is 10.5 Å². The van der Waals surface area contributed by atoms with Crippen LogP contribution in [0.3, 0.4) is 0 Å². The highest BCUT2D eigenvalue weighted by atomic mass is 127. The monoisotopic (exact) mass is 410 g/mol. The molecule has 0 aliphatic carbocycles. The maximum absolute atomic E-state index is 12.2. The molecule has 0 atom stereocenters. The molecular formula is C16H15IN2OS. The van der Waals surface area contributed by atoms with Crippen molar-refractivity contribution in [3.05, 3.63) is 68.3 Å². The first-order valence-corrected chi connectivity index (χ1v) is 7.90. The number of rotatable bonds is 4. The molecular weight excluding hydrogens is 395 g/mol. The van der Waals surface area contributed by atoms with Gasteiger partial charge in [0.2, 0.25) is 0 Å². The Hall–Kier alpha value is -1.47. The topological polar surface area (TPSA) is 55.1 Å². The first-order valence-electron chi connectivity index (χ1n) is 6.41. The molecule has 0 aromatic heterocycles. The second kappa shape index (κ2) is 7.00. The number of hydrogen-bond donors (Lipinski definition) is 2. The van der Waals surface area contributed by atoms with E-state index in [0.29, 0.717) is 17.1 Å². The maximum Gasteiger partial charge on any atom is 0.252 e. The summed E-state index contributed by atoms with van der Waals surface area (Å²) in [5, 5.41) is 2.92. The Labute approximate surface area is 143 Å². The fraction of sp³-hybridized carbons (Fsp3) is 0.125. The third-order valence-corrected chi connectivity index (χ3v) is 4.77. The fourth-order valence-corrected chi connectivity index (χ4v) is 2.67. The van der Waals surface area contributed by atoms with Gasteiger partial charge in [0.05, 0.1) is 5.56 Å². The van der Waals surface area contributed by atoms with Crippen molar-refractivity contribution in [2.45, 2.75) is 13.5 Å². The van der Waals surface area contributed by atoms with Crippen LogP contribution in [0.25, 0.3) is 0 Å². The normalized spacial score (nSPS) is 10.2. The van der Waals surface area contributed by atoms with E-state index in [1.54, 1.807) is 0 Å². The molecule has 2 rings (SSSR count).